The maximum Gasteiger partial charge on any atom is 0.306 e. The minimum Gasteiger partial charge on any atom is -0.454 e. The van der Waals surface area contributed by atoms with Gasteiger partial charge in [0.15, 0.2) is 12.4 Å². The van der Waals surface area contributed by atoms with Gasteiger partial charge in [-0.2, -0.15) is 0 Å². The van der Waals surface area contributed by atoms with Crippen LogP contribution in [0.25, 0.3) is 0 Å². The monoisotopic (exact) mass is 1100 g/mol. The molecule has 11 nitrogen and oxygen atoms in total. The van der Waals surface area contributed by atoms with Gasteiger partial charge in [0.25, 0.3) is 0 Å². The molecule has 0 aromatic carbocycles. The molecule has 8 atom stereocenters. The van der Waals surface area contributed by atoms with E-state index < -0.39 is 67.4 Å². The number of aliphatic hydroxyl groups is 5. The van der Waals surface area contributed by atoms with Crippen molar-refractivity contribution in [2.24, 2.45) is 0 Å². The quantitative estimate of drug-likeness (QED) is 0.0195. The zero-order valence-electron chi connectivity index (χ0n) is 50.5. The van der Waals surface area contributed by atoms with Gasteiger partial charge < -0.3 is 45.1 Å². The molecule has 456 valence electrons. The molecule has 1 aliphatic heterocycles. The van der Waals surface area contributed by atoms with Crippen LogP contribution >= 0.6 is 0 Å². The SMILES string of the molecule is CCCCC/C=C\C/C=C\C/C=C\CCCCCCCCCCCCCCC(=O)OC1C(OCC(NC(=O)C(O)CCCCCCCCCCCCCC)C(O)/C=C/CCCCCCCCCCCC)OC(CO)C(O)C1O. The van der Waals surface area contributed by atoms with Gasteiger partial charge in [-0.15, -0.1) is 0 Å². The third kappa shape index (κ3) is 42.5. The second-order valence-corrected chi connectivity index (χ2v) is 22.9. The molecule has 0 radical (unpaired) electrons. The van der Waals surface area contributed by atoms with E-state index in [-0.39, 0.29) is 13.0 Å². The summed E-state index contributed by atoms with van der Waals surface area (Å²) >= 11 is 0. The van der Waals surface area contributed by atoms with Crippen molar-refractivity contribution >= 4 is 11.9 Å². The molecule has 6 N–H and O–H groups in total. The number of ether oxygens (including phenoxy) is 3. The summed E-state index contributed by atoms with van der Waals surface area (Å²) in [5.41, 5.74) is 0. The van der Waals surface area contributed by atoms with Gasteiger partial charge in [-0.05, 0) is 64.2 Å². The molecule has 0 aliphatic carbocycles. The largest absolute Gasteiger partial charge is 0.454 e. The van der Waals surface area contributed by atoms with Crippen LogP contribution in [0.3, 0.4) is 0 Å². The number of nitrogens with one attached hydrogen (secondary N) is 1. The van der Waals surface area contributed by atoms with Crippen LogP contribution in [-0.4, -0.2) is 99.6 Å². The lowest BCUT2D eigenvalue weighted by molar-refractivity contribution is -0.305. The Hall–Kier alpha value is -2.38. The van der Waals surface area contributed by atoms with Gasteiger partial charge >= 0.3 is 5.97 Å². The summed E-state index contributed by atoms with van der Waals surface area (Å²) in [6.45, 7) is 5.77. The van der Waals surface area contributed by atoms with Crippen molar-refractivity contribution in [3.8, 4) is 0 Å². The topological polar surface area (TPSA) is 175 Å². The number of hydrogen-bond acceptors (Lipinski definition) is 10. The van der Waals surface area contributed by atoms with Crippen LogP contribution in [0.4, 0.5) is 0 Å². The number of unbranched alkanes of at least 4 members (excludes halogenated alkanes) is 36. The second-order valence-electron chi connectivity index (χ2n) is 22.9. The first kappa shape index (κ1) is 73.6. The van der Waals surface area contributed by atoms with Gasteiger partial charge in [-0.3, -0.25) is 9.59 Å². The number of esters is 1. The fraction of sp³-hybridized carbons (Fsp3) is 0.851. The average Bonchev–Trinajstić information content (AvgIpc) is 3.44. The number of carbonyl (C=O) groups excluding carboxylic acids is 2. The van der Waals surface area contributed by atoms with Crippen LogP contribution in [0.1, 0.15) is 303 Å². The van der Waals surface area contributed by atoms with Crippen molar-refractivity contribution in [3.63, 3.8) is 0 Å². The summed E-state index contributed by atoms with van der Waals surface area (Å²) in [4.78, 5) is 26.6. The summed E-state index contributed by atoms with van der Waals surface area (Å²) in [6.07, 6.45) is 57.2. The Morgan fingerprint density at radius 3 is 1.35 bits per heavy atom. The molecule has 1 amide bonds. The highest BCUT2D eigenvalue weighted by Crippen LogP contribution is 2.26. The van der Waals surface area contributed by atoms with Gasteiger partial charge in [-0.1, -0.05) is 281 Å². The van der Waals surface area contributed by atoms with E-state index in [1.54, 1.807) is 6.08 Å². The molecule has 1 saturated heterocycles. The van der Waals surface area contributed by atoms with Gasteiger partial charge in [0.2, 0.25) is 5.91 Å². The van der Waals surface area contributed by atoms with Crippen molar-refractivity contribution in [3.05, 3.63) is 48.6 Å². The molecular weight excluding hydrogens is 979 g/mol. The van der Waals surface area contributed by atoms with Crippen LogP contribution < -0.4 is 5.32 Å². The summed E-state index contributed by atoms with van der Waals surface area (Å²) < 4.78 is 17.6. The molecule has 1 fully saturated rings. The highest BCUT2D eigenvalue weighted by atomic mass is 16.7. The Morgan fingerprint density at radius 2 is 0.885 bits per heavy atom. The van der Waals surface area contributed by atoms with Crippen molar-refractivity contribution in [2.75, 3.05) is 13.2 Å². The lowest BCUT2D eigenvalue weighted by Crippen LogP contribution is -2.61. The van der Waals surface area contributed by atoms with E-state index in [0.717, 1.165) is 70.6 Å². The Labute approximate surface area is 478 Å². The third-order valence-corrected chi connectivity index (χ3v) is 15.5. The maximum atomic E-state index is 13.4. The Morgan fingerprint density at radius 1 is 0.500 bits per heavy atom. The highest BCUT2D eigenvalue weighted by molar-refractivity contribution is 5.80. The number of allylic oxidation sites excluding steroid dienone is 7. The van der Waals surface area contributed by atoms with E-state index in [9.17, 15) is 35.1 Å². The minimum absolute atomic E-state index is 0.123. The molecule has 11 heteroatoms. The molecular formula is C67H123NO10. The molecule has 1 heterocycles. The van der Waals surface area contributed by atoms with Crippen molar-refractivity contribution in [1.82, 2.24) is 5.32 Å². The summed E-state index contributed by atoms with van der Waals surface area (Å²) in [6, 6.07) is -1.02. The normalized spacial score (nSPS) is 19.2. The lowest BCUT2D eigenvalue weighted by atomic mass is 9.99. The molecule has 0 bridgehead atoms. The first-order valence-corrected chi connectivity index (χ1v) is 32.9. The molecule has 0 spiro atoms. The lowest BCUT2D eigenvalue weighted by Gasteiger charge is -2.41. The van der Waals surface area contributed by atoms with E-state index >= 15 is 0 Å². The molecule has 0 saturated carbocycles. The fourth-order valence-electron chi connectivity index (χ4n) is 10.2. The number of carbonyl (C=O) groups is 2. The first-order valence-electron chi connectivity index (χ1n) is 32.9. The van der Waals surface area contributed by atoms with E-state index in [1.807, 2.05) is 6.08 Å². The number of hydrogen-bond donors (Lipinski definition) is 6. The summed E-state index contributed by atoms with van der Waals surface area (Å²) in [5, 5.41) is 57.0. The first-order chi connectivity index (χ1) is 38.2. The number of aliphatic hydroxyl groups excluding tert-OH is 5. The zero-order chi connectivity index (χ0) is 56.8. The Bertz CT molecular complexity index is 1450. The summed E-state index contributed by atoms with van der Waals surface area (Å²) in [5.74, 6) is -1.19. The van der Waals surface area contributed by atoms with Crippen LogP contribution in [0, 0.1) is 0 Å². The van der Waals surface area contributed by atoms with Crippen molar-refractivity contribution in [2.45, 2.75) is 352 Å². The minimum atomic E-state index is -1.61. The van der Waals surface area contributed by atoms with E-state index in [1.165, 1.54) is 186 Å². The molecule has 1 rings (SSSR count). The summed E-state index contributed by atoms with van der Waals surface area (Å²) in [7, 11) is 0. The van der Waals surface area contributed by atoms with Gasteiger partial charge in [0, 0.05) is 6.42 Å². The smallest absolute Gasteiger partial charge is 0.306 e. The van der Waals surface area contributed by atoms with Crippen LogP contribution in [-0.2, 0) is 23.8 Å². The molecule has 0 aromatic rings. The standard InChI is InChI=1S/C67H123NO10/c1-4-7-10-13-16-19-22-25-26-27-28-29-30-31-32-33-34-35-36-37-40-43-46-49-52-55-62(72)78-65-64(74)63(73)61(56-69)77-67(65)76-57-58(59(70)53-50-47-44-41-38-23-20-17-14-11-8-5-2)68-66(75)60(71)54-51-48-45-42-39-24-21-18-15-12-9-6-3/h16,19,25-26,28-29,50,53,58-61,63-65,67,69-71,73-74H,4-15,17-18,20-24,27,30-49,51-52,54-57H2,1-3H3,(H,68,75)/b19-16-,26-25-,29-28-,53-50+. The van der Waals surface area contributed by atoms with E-state index in [4.69, 9.17) is 14.2 Å². The fourth-order valence-corrected chi connectivity index (χ4v) is 10.2. The zero-order valence-corrected chi connectivity index (χ0v) is 50.5. The van der Waals surface area contributed by atoms with E-state index in [0.29, 0.717) is 19.3 Å². The van der Waals surface area contributed by atoms with Crippen molar-refractivity contribution in [1.29, 1.82) is 0 Å². The third-order valence-electron chi connectivity index (χ3n) is 15.5. The van der Waals surface area contributed by atoms with Gasteiger partial charge in [-0.25, -0.2) is 0 Å². The molecule has 78 heavy (non-hydrogen) atoms. The predicted octanol–water partition coefficient (Wildman–Crippen LogP) is 16.0. The highest BCUT2D eigenvalue weighted by Gasteiger charge is 2.47. The van der Waals surface area contributed by atoms with Crippen molar-refractivity contribution < 1.29 is 49.3 Å². The van der Waals surface area contributed by atoms with Crippen LogP contribution in [0.15, 0.2) is 48.6 Å². The van der Waals surface area contributed by atoms with Gasteiger partial charge in [0.05, 0.1) is 25.4 Å². The second kappa shape index (κ2) is 55.2. The molecule has 0 aromatic heterocycles. The van der Waals surface area contributed by atoms with Gasteiger partial charge in [0.1, 0.15) is 24.4 Å². The number of amides is 1. The van der Waals surface area contributed by atoms with E-state index in [2.05, 4.69) is 62.5 Å². The molecule has 1 aliphatic rings. The average molecular weight is 1100 g/mol. The predicted molar refractivity (Wildman–Crippen MR) is 324 cm³/mol. The van der Waals surface area contributed by atoms with Crippen LogP contribution in [0.5, 0.6) is 0 Å². The molecule has 8 unspecified atom stereocenters. The Balaban J connectivity index is 2.57. The maximum absolute atomic E-state index is 13.4. The Kier molecular flexibility index (Phi) is 52.1. The number of rotatable bonds is 56. The van der Waals surface area contributed by atoms with Crippen LogP contribution in [0.2, 0.25) is 0 Å².